The molecular formula is C22H25N3O2. The van der Waals surface area contributed by atoms with E-state index in [-0.39, 0.29) is 5.91 Å². The zero-order valence-electron chi connectivity index (χ0n) is 15.8. The fraction of sp³-hybridized carbons (Fsp3) is 0.273. The second-order valence-corrected chi connectivity index (χ2v) is 6.49. The molecule has 3 aromatic rings. The molecule has 0 saturated heterocycles. The third-order valence-corrected chi connectivity index (χ3v) is 4.37. The minimum absolute atomic E-state index is 0.101. The number of nitrogens with one attached hydrogen (secondary N) is 1. The van der Waals surface area contributed by atoms with Gasteiger partial charge in [-0.2, -0.15) is 5.10 Å². The molecule has 1 aromatic heterocycles. The highest BCUT2D eigenvalue weighted by Crippen LogP contribution is 2.13. The lowest BCUT2D eigenvalue weighted by Crippen LogP contribution is -2.36. The summed E-state index contributed by atoms with van der Waals surface area (Å²) in [4.78, 5) is 12.2. The van der Waals surface area contributed by atoms with Crippen molar-refractivity contribution in [2.75, 3.05) is 6.54 Å². The van der Waals surface area contributed by atoms with Crippen LogP contribution in [-0.4, -0.2) is 28.3 Å². The zero-order chi connectivity index (χ0) is 19.1. The number of para-hydroxylation sites is 2. The van der Waals surface area contributed by atoms with Crippen molar-refractivity contribution in [1.82, 2.24) is 15.1 Å². The molecule has 0 aliphatic rings. The molecule has 5 nitrogen and oxygen atoms in total. The van der Waals surface area contributed by atoms with Gasteiger partial charge >= 0.3 is 0 Å². The fourth-order valence-corrected chi connectivity index (χ4v) is 2.85. The van der Waals surface area contributed by atoms with Crippen LogP contribution in [0.4, 0.5) is 0 Å². The number of amides is 1. The van der Waals surface area contributed by atoms with Crippen LogP contribution in [0.15, 0.2) is 66.9 Å². The number of nitrogens with zero attached hydrogens (tertiary/aromatic N) is 2. The third kappa shape index (κ3) is 5.20. The molecule has 0 unspecified atom stereocenters. The molecule has 1 N–H and O–H groups in total. The number of aryl methyl sites for hydroxylation is 2. The summed E-state index contributed by atoms with van der Waals surface area (Å²) in [5, 5.41) is 7.52. The summed E-state index contributed by atoms with van der Waals surface area (Å²) in [6.45, 7) is 4.39. The SMILES string of the molecule is Cc1nn(-c2ccccc2)cc1CCCNC(=O)[C@@H](C)Oc1ccccc1. The molecular weight excluding hydrogens is 338 g/mol. The van der Waals surface area contributed by atoms with E-state index in [4.69, 9.17) is 4.74 Å². The van der Waals surface area contributed by atoms with Gasteiger partial charge in [0.05, 0.1) is 11.4 Å². The molecule has 0 aliphatic heterocycles. The van der Waals surface area contributed by atoms with Crippen molar-refractivity contribution in [2.45, 2.75) is 32.8 Å². The summed E-state index contributed by atoms with van der Waals surface area (Å²) in [5.74, 6) is 0.597. The van der Waals surface area contributed by atoms with Gasteiger partial charge in [-0.3, -0.25) is 4.79 Å². The Balaban J connectivity index is 1.45. The number of carbonyl (C=O) groups excluding carboxylic acids is 1. The predicted octanol–water partition coefficient (Wildman–Crippen LogP) is 3.70. The molecule has 0 aliphatic carbocycles. The van der Waals surface area contributed by atoms with Crippen LogP contribution in [-0.2, 0) is 11.2 Å². The molecule has 140 valence electrons. The Morgan fingerprint density at radius 2 is 1.78 bits per heavy atom. The molecule has 3 rings (SSSR count). The van der Waals surface area contributed by atoms with E-state index >= 15 is 0 Å². The topological polar surface area (TPSA) is 56.2 Å². The van der Waals surface area contributed by atoms with Crippen LogP contribution in [0.3, 0.4) is 0 Å². The zero-order valence-corrected chi connectivity index (χ0v) is 15.8. The molecule has 27 heavy (non-hydrogen) atoms. The number of hydrogen-bond donors (Lipinski definition) is 1. The van der Waals surface area contributed by atoms with E-state index in [1.807, 2.05) is 72.3 Å². The smallest absolute Gasteiger partial charge is 0.260 e. The maximum Gasteiger partial charge on any atom is 0.260 e. The van der Waals surface area contributed by atoms with Crippen molar-refractivity contribution in [1.29, 1.82) is 0 Å². The summed E-state index contributed by atoms with van der Waals surface area (Å²) in [7, 11) is 0. The molecule has 0 fully saturated rings. The number of ether oxygens (including phenoxy) is 1. The van der Waals surface area contributed by atoms with E-state index in [0.717, 1.165) is 24.2 Å². The van der Waals surface area contributed by atoms with Gasteiger partial charge in [0.15, 0.2) is 6.10 Å². The van der Waals surface area contributed by atoms with Gasteiger partial charge < -0.3 is 10.1 Å². The quantitative estimate of drug-likeness (QED) is 0.621. The number of hydrogen-bond acceptors (Lipinski definition) is 3. The molecule has 1 heterocycles. The lowest BCUT2D eigenvalue weighted by molar-refractivity contribution is -0.127. The summed E-state index contributed by atoms with van der Waals surface area (Å²) in [5.41, 5.74) is 3.26. The lowest BCUT2D eigenvalue weighted by Gasteiger charge is -2.14. The van der Waals surface area contributed by atoms with Gasteiger partial charge in [0, 0.05) is 12.7 Å². The van der Waals surface area contributed by atoms with Gasteiger partial charge in [0.1, 0.15) is 5.75 Å². The monoisotopic (exact) mass is 363 g/mol. The number of aromatic nitrogens is 2. The summed E-state index contributed by atoms with van der Waals surface area (Å²) in [6, 6.07) is 19.4. The van der Waals surface area contributed by atoms with Gasteiger partial charge in [-0.05, 0) is 56.5 Å². The molecule has 5 heteroatoms. The van der Waals surface area contributed by atoms with Crippen molar-refractivity contribution in [3.63, 3.8) is 0 Å². The first-order valence-corrected chi connectivity index (χ1v) is 9.23. The van der Waals surface area contributed by atoms with Crippen molar-refractivity contribution in [3.05, 3.63) is 78.1 Å². The average Bonchev–Trinajstić information content (AvgIpc) is 3.07. The van der Waals surface area contributed by atoms with E-state index in [1.165, 1.54) is 5.56 Å². The largest absolute Gasteiger partial charge is 0.481 e. The minimum Gasteiger partial charge on any atom is -0.481 e. The van der Waals surface area contributed by atoms with Crippen LogP contribution in [0.25, 0.3) is 5.69 Å². The van der Waals surface area contributed by atoms with Crippen molar-refractivity contribution in [2.24, 2.45) is 0 Å². The van der Waals surface area contributed by atoms with E-state index in [2.05, 4.69) is 16.6 Å². The average molecular weight is 363 g/mol. The van der Waals surface area contributed by atoms with Gasteiger partial charge in [-0.15, -0.1) is 0 Å². The fourth-order valence-electron chi connectivity index (χ4n) is 2.85. The molecule has 1 amide bonds. The molecule has 2 aromatic carbocycles. The number of carbonyl (C=O) groups is 1. The van der Waals surface area contributed by atoms with E-state index in [1.54, 1.807) is 6.92 Å². The maximum atomic E-state index is 12.2. The standard InChI is InChI=1S/C22H25N3O2/c1-17-19(16-25(24-17)20-11-5-3-6-12-20)10-9-15-23-22(26)18(2)27-21-13-7-4-8-14-21/h3-8,11-14,16,18H,9-10,15H2,1-2H3,(H,23,26)/t18-/m1/s1. The molecule has 0 bridgehead atoms. The molecule has 1 atom stereocenters. The lowest BCUT2D eigenvalue weighted by atomic mass is 10.1. The van der Waals surface area contributed by atoms with Crippen LogP contribution in [0.1, 0.15) is 24.6 Å². The highest BCUT2D eigenvalue weighted by Gasteiger charge is 2.14. The Morgan fingerprint density at radius 1 is 1.11 bits per heavy atom. The van der Waals surface area contributed by atoms with E-state index in [0.29, 0.717) is 12.3 Å². The predicted molar refractivity (Wildman–Crippen MR) is 106 cm³/mol. The summed E-state index contributed by atoms with van der Waals surface area (Å²) < 4.78 is 7.54. The Labute approximate surface area is 160 Å². The van der Waals surface area contributed by atoms with Gasteiger partial charge in [0.25, 0.3) is 5.91 Å². The molecule has 0 radical (unpaired) electrons. The maximum absolute atomic E-state index is 12.2. The van der Waals surface area contributed by atoms with Crippen LogP contribution in [0.2, 0.25) is 0 Å². The van der Waals surface area contributed by atoms with Crippen LogP contribution < -0.4 is 10.1 Å². The first kappa shape index (κ1) is 18.7. The minimum atomic E-state index is -0.519. The highest BCUT2D eigenvalue weighted by molar-refractivity contribution is 5.80. The van der Waals surface area contributed by atoms with Crippen LogP contribution >= 0.6 is 0 Å². The second-order valence-electron chi connectivity index (χ2n) is 6.49. The van der Waals surface area contributed by atoms with E-state index < -0.39 is 6.10 Å². The molecule has 0 spiro atoms. The van der Waals surface area contributed by atoms with Crippen LogP contribution in [0, 0.1) is 6.92 Å². The van der Waals surface area contributed by atoms with Crippen LogP contribution in [0.5, 0.6) is 5.75 Å². The summed E-state index contributed by atoms with van der Waals surface area (Å²) >= 11 is 0. The Bertz CT molecular complexity index is 860. The van der Waals surface area contributed by atoms with Gasteiger partial charge in [-0.1, -0.05) is 36.4 Å². The Morgan fingerprint density at radius 3 is 2.48 bits per heavy atom. The first-order valence-electron chi connectivity index (χ1n) is 9.23. The van der Waals surface area contributed by atoms with Crippen molar-refractivity contribution >= 4 is 5.91 Å². The second kappa shape index (κ2) is 9.03. The van der Waals surface area contributed by atoms with Gasteiger partial charge in [0.2, 0.25) is 0 Å². The highest BCUT2D eigenvalue weighted by atomic mass is 16.5. The van der Waals surface area contributed by atoms with Gasteiger partial charge in [-0.25, -0.2) is 4.68 Å². The number of rotatable bonds is 8. The summed E-state index contributed by atoms with van der Waals surface area (Å²) in [6.07, 6.45) is 3.26. The first-order chi connectivity index (χ1) is 13.1. The Kier molecular flexibility index (Phi) is 6.26. The third-order valence-electron chi connectivity index (χ3n) is 4.37. The van der Waals surface area contributed by atoms with Crippen molar-refractivity contribution < 1.29 is 9.53 Å². The Hall–Kier alpha value is -3.08. The number of benzene rings is 2. The normalized spacial score (nSPS) is 11.8. The van der Waals surface area contributed by atoms with E-state index in [9.17, 15) is 4.79 Å². The molecule has 0 saturated carbocycles. The van der Waals surface area contributed by atoms with Crippen molar-refractivity contribution in [3.8, 4) is 11.4 Å².